The van der Waals surface area contributed by atoms with Crippen LogP contribution in [-0.4, -0.2) is 28.1 Å². The average molecular weight is 443 g/mol. The lowest BCUT2D eigenvalue weighted by Gasteiger charge is -2.09. The molecule has 0 atom stereocenters. The molecule has 0 fully saturated rings. The Morgan fingerprint density at radius 2 is 1.50 bits per heavy atom. The summed E-state index contributed by atoms with van der Waals surface area (Å²) in [6.45, 7) is 0. The predicted octanol–water partition coefficient (Wildman–Crippen LogP) is 3.94. The van der Waals surface area contributed by atoms with Crippen LogP contribution in [0, 0.1) is 23.3 Å². The highest BCUT2D eigenvalue weighted by atomic mass is 19.1. The van der Waals surface area contributed by atoms with Gasteiger partial charge in [-0.2, -0.15) is 0 Å². The number of halogens is 4. The Balaban J connectivity index is 1.87. The summed E-state index contributed by atoms with van der Waals surface area (Å²) in [7, 11) is 1.20. The van der Waals surface area contributed by atoms with Crippen molar-refractivity contribution in [2.24, 2.45) is 0 Å². The maximum absolute atomic E-state index is 14.4. The van der Waals surface area contributed by atoms with E-state index in [1.807, 2.05) is 0 Å². The van der Waals surface area contributed by atoms with Crippen LogP contribution in [0.3, 0.4) is 0 Å². The van der Waals surface area contributed by atoms with E-state index in [4.69, 9.17) is 10.5 Å². The smallest absolute Gasteiger partial charge is 0.219 e. The maximum atomic E-state index is 14.4. The number of aromatic nitrogens is 2. The number of methoxy groups -OCH3 is 1. The maximum Gasteiger partial charge on any atom is 0.219 e. The molecule has 0 amide bonds. The van der Waals surface area contributed by atoms with E-state index >= 15 is 0 Å². The van der Waals surface area contributed by atoms with E-state index in [1.54, 1.807) is 0 Å². The zero-order valence-corrected chi connectivity index (χ0v) is 16.3. The third kappa shape index (κ3) is 3.35. The van der Waals surface area contributed by atoms with Crippen LogP contribution >= 0.6 is 0 Å². The first-order valence-corrected chi connectivity index (χ1v) is 9.07. The Hall–Kier alpha value is -4.21. The number of ketones is 2. The highest BCUT2D eigenvalue weighted by Crippen LogP contribution is 2.26. The lowest BCUT2D eigenvalue weighted by molar-refractivity contribution is 0.101. The molecule has 0 saturated heterocycles. The molecular formula is C22H13F4N3O3. The van der Waals surface area contributed by atoms with Gasteiger partial charge in [0.15, 0.2) is 11.6 Å². The standard InChI is InChI=1S/C22H13F4N3O3/c1-32-11-7-14(25)18(15(26)8-11)21(31)19-22(27)28-16-6-5-10(9-29(16)19)20(30)17-12(23)3-2-4-13(17)24/h2-9H,27H2,1H3. The van der Waals surface area contributed by atoms with Crippen LogP contribution in [0.5, 0.6) is 5.75 Å². The van der Waals surface area contributed by atoms with E-state index in [0.29, 0.717) is 0 Å². The number of imidazole rings is 1. The van der Waals surface area contributed by atoms with Crippen LogP contribution in [0.1, 0.15) is 32.0 Å². The van der Waals surface area contributed by atoms with Gasteiger partial charge in [-0.1, -0.05) is 6.07 Å². The van der Waals surface area contributed by atoms with E-state index in [0.717, 1.165) is 40.9 Å². The first-order chi connectivity index (χ1) is 15.2. The number of pyridine rings is 1. The zero-order valence-electron chi connectivity index (χ0n) is 16.3. The van der Waals surface area contributed by atoms with Gasteiger partial charge in [0.05, 0.1) is 18.2 Å². The van der Waals surface area contributed by atoms with Crippen LogP contribution < -0.4 is 10.5 Å². The Labute approximate surface area is 177 Å². The number of hydrogen-bond acceptors (Lipinski definition) is 5. The third-order valence-electron chi connectivity index (χ3n) is 4.79. The quantitative estimate of drug-likeness (QED) is 0.373. The van der Waals surface area contributed by atoms with E-state index in [1.165, 1.54) is 19.2 Å². The largest absolute Gasteiger partial charge is 0.497 e. The minimum absolute atomic E-state index is 0.0748. The molecule has 0 saturated carbocycles. The van der Waals surface area contributed by atoms with Gasteiger partial charge >= 0.3 is 0 Å². The monoisotopic (exact) mass is 443 g/mol. The molecule has 0 bridgehead atoms. The van der Waals surface area contributed by atoms with E-state index in [2.05, 4.69) is 4.98 Å². The molecule has 2 aromatic heterocycles. The summed E-state index contributed by atoms with van der Waals surface area (Å²) in [5, 5.41) is 0. The number of nitrogen functional groups attached to an aromatic ring is 1. The first-order valence-electron chi connectivity index (χ1n) is 9.07. The number of anilines is 1. The summed E-state index contributed by atoms with van der Waals surface area (Å²) < 4.78 is 62.8. The molecule has 0 aliphatic heterocycles. The van der Waals surface area contributed by atoms with Gasteiger partial charge in [-0.05, 0) is 24.3 Å². The summed E-state index contributed by atoms with van der Waals surface area (Å²) >= 11 is 0. The lowest BCUT2D eigenvalue weighted by Crippen LogP contribution is -2.14. The number of ether oxygens (including phenoxy) is 1. The predicted molar refractivity (Wildman–Crippen MR) is 106 cm³/mol. The lowest BCUT2D eigenvalue weighted by atomic mass is 10.0. The normalized spacial score (nSPS) is 11.0. The first kappa shape index (κ1) is 21.0. The van der Waals surface area contributed by atoms with Crippen molar-refractivity contribution in [1.29, 1.82) is 0 Å². The van der Waals surface area contributed by atoms with Crippen molar-refractivity contribution in [3.63, 3.8) is 0 Å². The zero-order chi connectivity index (χ0) is 23.2. The van der Waals surface area contributed by atoms with Gasteiger partial charge in [0.1, 0.15) is 40.4 Å². The van der Waals surface area contributed by atoms with Gasteiger partial charge in [-0.15, -0.1) is 0 Å². The number of rotatable bonds is 5. The molecule has 4 rings (SSSR count). The molecule has 2 N–H and O–H groups in total. The van der Waals surface area contributed by atoms with Gasteiger partial charge in [-0.25, -0.2) is 22.5 Å². The molecule has 32 heavy (non-hydrogen) atoms. The van der Waals surface area contributed by atoms with E-state index in [9.17, 15) is 27.2 Å². The number of carbonyl (C=O) groups is 2. The van der Waals surface area contributed by atoms with Crippen molar-refractivity contribution in [2.75, 3.05) is 12.8 Å². The fourth-order valence-corrected chi connectivity index (χ4v) is 3.29. The van der Waals surface area contributed by atoms with Gasteiger partial charge in [0, 0.05) is 23.9 Å². The molecule has 0 aliphatic carbocycles. The number of nitrogens with zero attached hydrogens (tertiary/aromatic N) is 2. The number of nitrogens with two attached hydrogens (primary N) is 1. The summed E-state index contributed by atoms with van der Waals surface area (Å²) in [5.41, 5.74) is 3.55. The molecule has 162 valence electrons. The number of benzene rings is 2. The number of hydrogen-bond donors (Lipinski definition) is 1. The van der Waals surface area contributed by atoms with Crippen molar-refractivity contribution in [1.82, 2.24) is 9.38 Å². The molecule has 6 nitrogen and oxygen atoms in total. The second-order valence-corrected chi connectivity index (χ2v) is 6.71. The highest BCUT2D eigenvalue weighted by molar-refractivity contribution is 6.12. The molecule has 10 heteroatoms. The Kier molecular flexibility index (Phi) is 5.13. The Morgan fingerprint density at radius 1 is 0.906 bits per heavy atom. The highest BCUT2D eigenvalue weighted by Gasteiger charge is 2.27. The van der Waals surface area contributed by atoms with Crippen molar-refractivity contribution in [3.05, 3.63) is 94.3 Å². The van der Waals surface area contributed by atoms with Crippen molar-refractivity contribution < 1.29 is 31.9 Å². The Bertz CT molecular complexity index is 1370. The molecule has 2 aromatic carbocycles. The molecule has 4 aromatic rings. The van der Waals surface area contributed by atoms with Crippen LogP contribution in [0.2, 0.25) is 0 Å². The summed E-state index contributed by atoms with van der Waals surface area (Å²) in [6.07, 6.45) is 1.07. The third-order valence-corrected chi connectivity index (χ3v) is 4.79. The molecule has 0 unspecified atom stereocenters. The number of carbonyl (C=O) groups excluding carboxylic acids is 2. The van der Waals surface area contributed by atoms with Gasteiger partial charge in [0.25, 0.3) is 0 Å². The molecule has 2 heterocycles. The Morgan fingerprint density at radius 3 is 2.09 bits per heavy atom. The minimum atomic E-state index is -1.19. The van der Waals surface area contributed by atoms with E-state index in [-0.39, 0.29) is 22.8 Å². The fraction of sp³-hybridized carbons (Fsp3) is 0.0455. The van der Waals surface area contributed by atoms with Gasteiger partial charge in [-0.3, -0.25) is 14.0 Å². The molecule has 0 radical (unpaired) electrons. The van der Waals surface area contributed by atoms with Crippen LogP contribution in [0.15, 0.2) is 48.7 Å². The van der Waals surface area contributed by atoms with E-state index < -0.39 is 51.7 Å². The van der Waals surface area contributed by atoms with Crippen LogP contribution in [0.4, 0.5) is 23.4 Å². The molecule has 0 spiro atoms. The number of fused-ring (bicyclic) bond motifs is 1. The van der Waals surface area contributed by atoms with Crippen LogP contribution in [-0.2, 0) is 0 Å². The summed E-state index contributed by atoms with van der Waals surface area (Å²) in [5.74, 6) is -7.17. The second-order valence-electron chi connectivity index (χ2n) is 6.71. The van der Waals surface area contributed by atoms with Crippen molar-refractivity contribution >= 4 is 23.0 Å². The molecule has 0 aliphatic rings. The topological polar surface area (TPSA) is 86.7 Å². The molecular weight excluding hydrogens is 430 g/mol. The average Bonchev–Trinajstić information content (AvgIpc) is 3.07. The van der Waals surface area contributed by atoms with Crippen LogP contribution in [0.25, 0.3) is 5.65 Å². The minimum Gasteiger partial charge on any atom is -0.497 e. The van der Waals surface area contributed by atoms with Crippen molar-refractivity contribution in [2.45, 2.75) is 0 Å². The summed E-state index contributed by atoms with van der Waals surface area (Å²) in [4.78, 5) is 29.6. The van der Waals surface area contributed by atoms with Gasteiger partial charge in [0.2, 0.25) is 5.78 Å². The SMILES string of the molecule is COc1cc(F)c(C(=O)c2c(N)nc3ccc(C(=O)c4c(F)cccc4F)cn23)c(F)c1. The summed E-state index contributed by atoms with van der Waals surface area (Å²) in [6, 6.07) is 7.12. The second kappa shape index (κ2) is 7.80. The fourth-order valence-electron chi connectivity index (χ4n) is 3.29. The van der Waals surface area contributed by atoms with Crippen molar-refractivity contribution in [3.8, 4) is 5.75 Å². The van der Waals surface area contributed by atoms with Gasteiger partial charge < -0.3 is 10.5 Å².